The number of carbonyl (C=O) groups is 2. The fourth-order valence-corrected chi connectivity index (χ4v) is 5.46. The van der Waals surface area contributed by atoms with Crippen LogP contribution in [0, 0.1) is 11.3 Å². The van der Waals surface area contributed by atoms with Gasteiger partial charge in [0.05, 0.1) is 25.9 Å². The van der Waals surface area contributed by atoms with Crippen molar-refractivity contribution in [2.75, 3.05) is 39.4 Å². The third-order valence-corrected chi connectivity index (χ3v) is 7.65. The van der Waals surface area contributed by atoms with Gasteiger partial charge < -0.3 is 19.0 Å². The van der Waals surface area contributed by atoms with Crippen LogP contribution in [0.15, 0.2) is 65.3 Å². The quantitative estimate of drug-likeness (QED) is 0.553. The van der Waals surface area contributed by atoms with Crippen LogP contribution in [0.5, 0.6) is 0 Å². The van der Waals surface area contributed by atoms with Crippen LogP contribution in [0.1, 0.15) is 30.9 Å². The van der Waals surface area contributed by atoms with Gasteiger partial charge in [0.25, 0.3) is 0 Å². The standard InChI is InChI=1S/C29H34N2O4/c1-29(11-13-30(14-12-29)27(32)19-22-6-3-2-4-7-22)28(33)31-15-17-34-21-23(20-31)18-24-8-5-9-26-25(24)10-16-35-26/h2-10,16,23H,11-15,17-21H2,1H3/t23-/m1/s1. The number of piperidine rings is 1. The molecule has 0 spiro atoms. The minimum Gasteiger partial charge on any atom is -0.464 e. The highest BCUT2D eigenvalue weighted by Crippen LogP contribution is 2.34. The van der Waals surface area contributed by atoms with E-state index in [1.54, 1.807) is 6.26 Å². The predicted octanol–water partition coefficient (Wildman–Crippen LogP) is 4.32. The van der Waals surface area contributed by atoms with Crippen molar-refractivity contribution in [3.8, 4) is 0 Å². The maximum atomic E-state index is 13.7. The lowest BCUT2D eigenvalue weighted by Gasteiger charge is -2.41. The Kier molecular flexibility index (Phi) is 6.91. The van der Waals surface area contributed by atoms with Gasteiger partial charge in [-0.05, 0) is 42.5 Å². The van der Waals surface area contributed by atoms with Crippen LogP contribution in [-0.4, -0.2) is 61.0 Å². The second-order valence-electron chi connectivity index (χ2n) is 10.2. The summed E-state index contributed by atoms with van der Waals surface area (Å²) in [6.07, 6.45) is 4.38. The highest BCUT2D eigenvalue weighted by atomic mass is 16.5. The van der Waals surface area contributed by atoms with Gasteiger partial charge in [-0.2, -0.15) is 0 Å². The molecule has 3 aromatic rings. The molecule has 5 rings (SSSR count). The van der Waals surface area contributed by atoms with Gasteiger partial charge in [-0.3, -0.25) is 9.59 Å². The molecule has 1 atom stereocenters. The summed E-state index contributed by atoms with van der Waals surface area (Å²) in [7, 11) is 0. The summed E-state index contributed by atoms with van der Waals surface area (Å²) in [5.74, 6) is 0.574. The molecule has 6 nitrogen and oxygen atoms in total. The van der Waals surface area contributed by atoms with E-state index in [1.165, 1.54) is 5.56 Å². The molecule has 35 heavy (non-hydrogen) atoms. The van der Waals surface area contributed by atoms with E-state index in [9.17, 15) is 9.59 Å². The number of ether oxygens (including phenoxy) is 1. The van der Waals surface area contributed by atoms with Crippen LogP contribution in [0.3, 0.4) is 0 Å². The normalized spacial score (nSPS) is 20.5. The number of amides is 2. The maximum Gasteiger partial charge on any atom is 0.228 e. The number of benzene rings is 2. The zero-order valence-electron chi connectivity index (χ0n) is 20.4. The first-order chi connectivity index (χ1) is 17.0. The Morgan fingerprint density at radius 3 is 2.57 bits per heavy atom. The van der Waals surface area contributed by atoms with E-state index < -0.39 is 5.41 Å². The molecule has 0 radical (unpaired) electrons. The van der Waals surface area contributed by atoms with Crippen LogP contribution >= 0.6 is 0 Å². The Morgan fingerprint density at radius 2 is 1.77 bits per heavy atom. The average Bonchev–Trinajstić information content (AvgIpc) is 3.24. The van der Waals surface area contributed by atoms with Crippen molar-refractivity contribution in [1.82, 2.24) is 9.80 Å². The Labute approximate surface area is 206 Å². The van der Waals surface area contributed by atoms with E-state index in [0.717, 1.165) is 23.0 Å². The van der Waals surface area contributed by atoms with E-state index >= 15 is 0 Å². The zero-order valence-corrected chi connectivity index (χ0v) is 20.4. The Hall–Kier alpha value is -3.12. The first kappa shape index (κ1) is 23.6. The number of hydrogen-bond donors (Lipinski definition) is 0. The van der Waals surface area contributed by atoms with Crippen molar-refractivity contribution < 1.29 is 18.7 Å². The number of likely N-dealkylation sites (tertiary alicyclic amines) is 1. The number of hydrogen-bond acceptors (Lipinski definition) is 4. The van der Waals surface area contributed by atoms with E-state index in [4.69, 9.17) is 9.15 Å². The lowest BCUT2D eigenvalue weighted by Crippen LogP contribution is -2.51. The van der Waals surface area contributed by atoms with Crippen molar-refractivity contribution in [1.29, 1.82) is 0 Å². The predicted molar refractivity (Wildman–Crippen MR) is 135 cm³/mol. The van der Waals surface area contributed by atoms with Crippen LogP contribution in [-0.2, 0) is 27.2 Å². The summed E-state index contributed by atoms with van der Waals surface area (Å²) < 4.78 is 11.5. The summed E-state index contributed by atoms with van der Waals surface area (Å²) in [5.41, 5.74) is 2.72. The van der Waals surface area contributed by atoms with Crippen LogP contribution in [0.4, 0.5) is 0 Å². The van der Waals surface area contributed by atoms with Gasteiger partial charge in [0.15, 0.2) is 0 Å². The first-order valence-electron chi connectivity index (χ1n) is 12.7. The molecule has 184 valence electrons. The van der Waals surface area contributed by atoms with Crippen LogP contribution in [0.2, 0.25) is 0 Å². The van der Waals surface area contributed by atoms with Crippen molar-refractivity contribution in [3.63, 3.8) is 0 Å². The van der Waals surface area contributed by atoms with Gasteiger partial charge in [0.1, 0.15) is 5.58 Å². The second-order valence-corrected chi connectivity index (χ2v) is 10.2. The number of carbonyl (C=O) groups excluding carboxylic acids is 2. The van der Waals surface area contributed by atoms with Crippen molar-refractivity contribution in [2.45, 2.75) is 32.6 Å². The minimum absolute atomic E-state index is 0.141. The van der Waals surface area contributed by atoms with Gasteiger partial charge in [-0.25, -0.2) is 0 Å². The molecular formula is C29H34N2O4. The lowest BCUT2D eigenvalue weighted by atomic mass is 9.78. The average molecular weight is 475 g/mol. The van der Waals surface area contributed by atoms with Gasteiger partial charge in [-0.15, -0.1) is 0 Å². The number of nitrogens with zero attached hydrogens (tertiary/aromatic N) is 2. The Balaban J connectivity index is 1.20. The van der Waals surface area contributed by atoms with Gasteiger partial charge >= 0.3 is 0 Å². The van der Waals surface area contributed by atoms with Gasteiger partial charge in [0, 0.05) is 42.9 Å². The highest BCUT2D eigenvalue weighted by Gasteiger charge is 2.41. The molecule has 2 aromatic carbocycles. The van der Waals surface area contributed by atoms with E-state index in [2.05, 4.69) is 13.0 Å². The third kappa shape index (κ3) is 5.27. The molecule has 6 heteroatoms. The largest absolute Gasteiger partial charge is 0.464 e. The fourth-order valence-electron chi connectivity index (χ4n) is 5.46. The molecule has 2 saturated heterocycles. The van der Waals surface area contributed by atoms with Crippen molar-refractivity contribution >= 4 is 22.8 Å². The van der Waals surface area contributed by atoms with Gasteiger partial charge in [0.2, 0.25) is 11.8 Å². The first-order valence-corrected chi connectivity index (χ1v) is 12.7. The third-order valence-electron chi connectivity index (χ3n) is 7.65. The monoisotopic (exact) mass is 474 g/mol. The molecule has 0 aliphatic carbocycles. The molecule has 2 aliphatic heterocycles. The lowest BCUT2D eigenvalue weighted by molar-refractivity contribution is -0.147. The minimum atomic E-state index is -0.441. The molecule has 2 aliphatic rings. The molecule has 0 unspecified atom stereocenters. The molecule has 3 heterocycles. The molecule has 2 fully saturated rings. The SMILES string of the molecule is CC1(C(=O)N2CCOC[C@H](Cc3cccc4occc34)C2)CCN(C(=O)Cc2ccccc2)CC1. The Bertz CT molecular complexity index is 1160. The number of fused-ring (bicyclic) bond motifs is 1. The number of rotatable bonds is 5. The molecule has 0 saturated carbocycles. The van der Waals surface area contributed by atoms with Crippen LogP contribution in [0.25, 0.3) is 11.0 Å². The zero-order chi connectivity index (χ0) is 24.3. The van der Waals surface area contributed by atoms with Crippen LogP contribution < -0.4 is 0 Å². The fraction of sp³-hybridized carbons (Fsp3) is 0.448. The molecule has 2 amide bonds. The summed E-state index contributed by atoms with van der Waals surface area (Å²) >= 11 is 0. The smallest absolute Gasteiger partial charge is 0.228 e. The summed E-state index contributed by atoms with van der Waals surface area (Å²) in [6.45, 7) is 5.86. The van der Waals surface area contributed by atoms with E-state index in [1.807, 2.05) is 58.3 Å². The maximum absolute atomic E-state index is 13.7. The summed E-state index contributed by atoms with van der Waals surface area (Å²) in [6, 6.07) is 18.0. The topological polar surface area (TPSA) is 63.0 Å². The van der Waals surface area contributed by atoms with E-state index in [0.29, 0.717) is 58.7 Å². The molecule has 0 bridgehead atoms. The number of furan rings is 1. The molecule has 1 aromatic heterocycles. The molecular weight excluding hydrogens is 440 g/mol. The summed E-state index contributed by atoms with van der Waals surface area (Å²) in [4.78, 5) is 30.4. The Morgan fingerprint density at radius 1 is 0.971 bits per heavy atom. The van der Waals surface area contributed by atoms with Crippen molar-refractivity contribution in [2.24, 2.45) is 11.3 Å². The van der Waals surface area contributed by atoms with Gasteiger partial charge in [-0.1, -0.05) is 49.4 Å². The summed E-state index contributed by atoms with van der Waals surface area (Å²) in [5, 5.41) is 1.13. The van der Waals surface area contributed by atoms with Crippen molar-refractivity contribution in [3.05, 3.63) is 72.0 Å². The second kappa shape index (κ2) is 10.2. The highest BCUT2D eigenvalue weighted by molar-refractivity contribution is 5.84. The molecule has 0 N–H and O–H groups in total. The van der Waals surface area contributed by atoms with E-state index in [-0.39, 0.29) is 17.7 Å².